The number of nitrogens with zero attached hydrogens (tertiary/aromatic N) is 3. The highest BCUT2D eigenvalue weighted by Crippen LogP contribution is 2.29. The lowest BCUT2D eigenvalue weighted by atomic mass is 10.1. The fourth-order valence-corrected chi connectivity index (χ4v) is 4.06. The van der Waals surface area contributed by atoms with Crippen LogP contribution in [0.4, 0.5) is 5.69 Å². The monoisotopic (exact) mass is 460 g/mol. The molecule has 8 nitrogen and oxygen atoms in total. The lowest BCUT2D eigenvalue weighted by Gasteiger charge is -2.13. The largest absolute Gasteiger partial charge is 0.497 e. The van der Waals surface area contributed by atoms with Crippen molar-refractivity contribution in [1.82, 2.24) is 14.2 Å². The first-order valence-corrected chi connectivity index (χ1v) is 11.0. The van der Waals surface area contributed by atoms with Crippen molar-refractivity contribution >= 4 is 17.2 Å². The van der Waals surface area contributed by atoms with Crippen LogP contribution in [-0.4, -0.2) is 34.3 Å². The Morgan fingerprint density at radius 3 is 2.53 bits per heavy atom. The average Bonchev–Trinajstić information content (AvgIpc) is 3.28. The Kier molecular flexibility index (Phi) is 6.40. The second-order valence-corrected chi connectivity index (χ2v) is 8.16. The third-order valence-corrected chi connectivity index (χ3v) is 6.13. The number of nitrogens with one attached hydrogen (secondary N) is 1. The summed E-state index contributed by atoms with van der Waals surface area (Å²) in [5, 5.41) is 7.45. The Labute approximate surface area is 197 Å². The summed E-state index contributed by atoms with van der Waals surface area (Å²) in [6.45, 7) is 3.91. The number of hydrogen-bond donors (Lipinski definition) is 1. The molecule has 8 heteroatoms. The van der Waals surface area contributed by atoms with Crippen LogP contribution in [0.1, 0.15) is 23.2 Å². The molecule has 0 fully saturated rings. The van der Waals surface area contributed by atoms with E-state index in [4.69, 9.17) is 9.47 Å². The molecule has 0 bridgehead atoms. The van der Waals surface area contributed by atoms with Crippen molar-refractivity contribution in [3.8, 4) is 22.8 Å². The molecule has 0 unspecified atom stereocenters. The molecule has 2 aromatic carbocycles. The molecule has 1 amide bonds. The molecule has 0 spiro atoms. The molecule has 34 heavy (non-hydrogen) atoms. The van der Waals surface area contributed by atoms with E-state index in [0.29, 0.717) is 28.4 Å². The predicted octanol–water partition coefficient (Wildman–Crippen LogP) is 3.91. The van der Waals surface area contributed by atoms with Gasteiger partial charge in [0, 0.05) is 42.4 Å². The lowest BCUT2D eigenvalue weighted by molar-refractivity contribution is -0.116. The Morgan fingerprint density at radius 2 is 1.82 bits per heavy atom. The number of rotatable bonds is 7. The molecule has 0 atom stereocenters. The van der Waals surface area contributed by atoms with Gasteiger partial charge in [-0.2, -0.15) is 9.61 Å². The molecule has 0 saturated carbocycles. The number of fused-ring (bicyclic) bond motifs is 1. The van der Waals surface area contributed by atoms with Crippen molar-refractivity contribution in [2.45, 2.75) is 26.7 Å². The van der Waals surface area contributed by atoms with Crippen LogP contribution in [-0.2, 0) is 18.3 Å². The topological polar surface area (TPSA) is 86.9 Å². The van der Waals surface area contributed by atoms with E-state index in [-0.39, 0.29) is 24.3 Å². The average molecular weight is 461 g/mol. The molecule has 0 aliphatic rings. The van der Waals surface area contributed by atoms with Crippen LogP contribution < -0.4 is 20.3 Å². The van der Waals surface area contributed by atoms with Crippen LogP contribution >= 0.6 is 0 Å². The van der Waals surface area contributed by atoms with E-state index >= 15 is 0 Å². The summed E-state index contributed by atoms with van der Waals surface area (Å²) in [6.07, 6.45) is 0.417. The van der Waals surface area contributed by atoms with Crippen molar-refractivity contribution < 1.29 is 14.3 Å². The van der Waals surface area contributed by atoms with Crippen molar-refractivity contribution in [3.05, 3.63) is 75.7 Å². The maximum atomic E-state index is 13.3. The summed E-state index contributed by atoms with van der Waals surface area (Å²) in [7, 11) is 5.00. The second-order valence-electron chi connectivity index (χ2n) is 8.16. The van der Waals surface area contributed by atoms with E-state index in [0.717, 1.165) is 22.5 Å². The van der Waals surface area contributed by atoms with Gasteiger partial charge in [0.05, 0.1) is 25.6 Å². The lowest BCUT2D eigenvalue weighted by Crippen LogP contribution is -2.26. The highest BCUT2D eigenvalue weighted by molar-refractivity contribution is 5.92. The molecule has 0 saturated heterocycles. The third-order valence-electron chi connectivity index (χ3n) is 6.13. The minimum Gasteiger partial charge on any atom is -0.497 e. The summed E-state index contributed by atoms with van der Waals surface area (Å²) < 4.78 is 13.9. The predicted molar refractivity (Wildman–Crippen MR) is 132 cm³/mol. The van der Waals surface area contributed by atoms with Gasteiger partial charge in [0.15, 0.2) is 0 Å². The minimum atomic E-state index is -0.228. The highest BCUT2D eigenvalue weighted by atomic mass is 16.5. The van der Waals surface area contributed by atoms with Gasteiger partial charge in [-0.1, -0.05) is 24.3 Å². The molecule has 0 radical (unpaired) electrons. The SMILES string of the molecule is COc1ccc(OC)c(NC(=O)CCc2c(C)n(C)c3cc(-c4ccccc4C)nn3c2=O)c1. The smallest absolute Gasteiger partial charge is 0.277 e. The number of methoxy groups -OCH3 is 2. The van der Waals surface area contributed by atoms with Crippen LogP contribution in [0.15, 0.2) is 53.3 Å². The molecular formula is C26H28N4O4. The van der Waals surface area contributed by atoms with Crippen molar-refractivity contribution in [2.75, 3.05) is 19.5 Å². The van der Waals surface area contributed by atoms with Gasteiger partial charge in [-0.25, -0.2) is 0 Å². The van der Waals surface area contributed by atoms with Crippen LogP contribution in [0, 0.1) is 13.8 Å². The van der Waals surface area contributed by atoms with E-state index in [9.17, 15) is 9.59 Å². The maximum Gasteiger partial charge on any atom is 0.277 e. The molecule has 2 heterocycles. The van der Waals surface area contributed by atoms with Gasteiger partial charge in [-0.3, -0.25) is 9.59 Å². The molecule has 0 aliphatic carbocycles. The summed E-state index contributed by atoms with van der Waals surface area (Å²) in [6, 6.07) is 15.0. The second kappa shape index (κ2) is 9.43. The van der Waals surface area contributed by atoms with Gasteiger partial charge in [0.2, 0.25) is 5.91 Å². The number of aryl methyl sites for hydroxylation is 2. The summed E-state index contributed by atoms with van der Waals surface area (Å²) in [5.41, 5.74) is 5.18. The zero-order chi connectivity index (χ0) is 24.4. The fourth-order valence-electron chi connectivity index (χ4n) is 4.06. The quantitative estimate of drug-likeness (QED) is 0.452. The first-order valence-electron chi connectivity index (χ1n) is 11.0. The first-order chi connectivity index (χ1) is 16.3. The molecule has 0 aliphatic heterocycles. The molecule has 4 aromatic rings. The number of benzene rings is 2. The van der Waals surface area contributed by atoms with E-state index in [2.05, 4.69) is 10.4 Å². The van der Waals surface area contributed by atoms with Crippen LogP contribution in [0.25, 0.3) is 16.9 Å². The number of hydrogen-bond acceptors (Lipinski definition) is 5. The van der Waals surface area contributed by atoms with Crippen molar-refractivity contribution in [1.29, 1.82) is 0 Å². The van der Waals surface area contributed by atoms with E-state index in [1.807, 2.05) is 55.8 Å². The standard InChI is InChI=1S/C26H28N4O4/c1-16-8-6-7-9-19(16)21-15-25-29(3)17(2)20(26(32)30(25)28-21)11-13-24(31)27-22-14-18(33-4)10-12-23(22)34-5/h6-10,12,14-15H,11,13H2,1-5H3,(H,27,31). The Balaban J connectivity index is 1.61. The van der Waals surface area contributed by atoms with Gasteiger partial charge in [-0.05, 0) is 38.0 Å². The number of aromatic nitrogens is 3. The Morgan fingerprint density at radius 1 is 1.06 bits per heavy atom. The molecule has 1 N–H and O–H groups in total. The van der Waals surface area contributed by atoms with E-state index in [1.165, 1.54) is 11.6 Å². The van der Waals surface area contributed by atoms with Crippen LogP contribution in [0.2, 0.25) is 0 Å². The molecular weight excluding hydrogens is 432 g/mol. The van der Waals surface area contributed by atoms with Crippen LogP contribution in [0.5, 0.6) is 11.5 Å². The fraction of sp³-hybridized carbons (Fsp3) is 0.269. The minimum absolute atomic E-state index is 0.133. The van der Waals surface area contributed by atoms with Gasteiger partial charge in [0.1, 0.15) is 17.1 Å². The number of amides is 1. The molecule has 176 valence electrons. The molecule has 2 aromatic heterocycles. The summed E-state index contributed by atoms with van der Waals surface area (Å²) in [4.78, 5) is 26.0. The third kappa shape index (κ3) is 4.26. The number of carbonyl (C=O) groups excluding carboxylic acids is 1. The maximum absolute atomic E-state index is 13.3. The van der Waals surface area contributed by atoms with E-state index in [1.54, 1.807) is 25.3 Å². The molecule has 4 rings (SSSR count). The number of anilines is 1. The first kappa shape index (κ1) is 23.1. The number of carbonyl (C=O) groups is 1. The zero-order valence-electron chi connectivity index (χ0n) is 20.0. The highest BCUT2D eigenvalue weighted by Gasteiger charge is 2.18. The van der Waals surface area contributed by atoms with Crippen molar-refractivity contribution in [2.24, 2.45) is 7.05 Å². The Hall–Kier alpha value is -4.07. The van der Waals surface area contributed by atoms with E-state index < -0.39 is 0 Å². The van der Waals surface area contributed by atoms with Gasteiger partial charge < -0.3 is 19.4 Å². The summed E-state index contributed by atoms with van der Waals surface area (Å²) >= 11 is 0. The Bertz CT molecular complexity index is 1440. The summed E-state index contributed by atoms with van der Waals surface area (Å²) in [5.74, 6) is 0.909. The number of ether oxygens (including phenoxy) is 2. The van der Waals surface area contributed by atoms with Crippen LogP contribution in [0.3, 0.4) is 0 Å². The van der Waals surface area contributed by atoms with Gasteiger partial charge >= 0.3 is 0 Å². The van der Waals surface area contributed by atoms with Gasteiger partial charge in [0.25, 0.3) is 5.56 Å². The van der Waals surface area contributed by atoms with Gasteiger partial charge in [-0.15, -0.1) is 0 Å². The van der Waals surface area contributed by atoms with Crippen molar-refractivity contribution in [3.63, 3.8) is 0 Å². The normalized spacial score (nSPS) is 11.0. The zero-order valence-corrected chi connectivity index (χ0v) is 20.0.